The number of fused-ring (bicyclic) bond motifs is 3. The van der Waals surface area contributed by atoms with Gasteiger partial charge in [0.2, 0.25) is 0 Å². The number of para-hydroxylation sites is 1. The Balaban J connectivity index is 1.49. The maximum Gasteiger partial charge on any atom is 0.323 e. The molecule has 0 bridgehead atoms. The van der Waals surface area contributed by atoms with E-state index >= 15 is 0 Å². The van der Waals surface area contributed by atoms with Gasteiger partial charge >= 0.3 is 5.97 Å². The number of thiocarbonyl (C=S) groups is 1. The summed E-state index contributed by atoms with van der Waals surface area (Å²) in [6.07, 6.45) is 5.40. The maximum atomic E-state index is 12.6. The fraction of sp³-hybridized carbons (Fsp3) is 0.261. The molecule has 5 nitrogen and oxygen atoms in total. The lowest BCUT2D eigenvalue weighted by Gasteiger charge is -2.27. The van der Waals surface area contributed by atoms with Gasteiger partial charge in [-0.2, -0.15) is 0 Å². The molecule has 2 aromatic rings. The minimum atomic E-state index is -1.07. The number of nitrogens with zero attached hydrogens (tertiary/aromatic N) is 2. The molecule has 2 heterocycles. The van der Waals surface area contributed by atoms with Crippen LogP contribution in [0.3, 0.4) is 0 Å². The molecule has 2 aromatic carbocycles. The first kappa shape index (κ1) is 19.3. The molecule has 1 N–H and O–H groups in total. The minimum Gasteiger partial charge on any atom is -0.480 e. The van der Waals surface area contributed by atoms with Crippen molar-refractivity contribution in [1.29, 1.82) is 0 Å². The van der Waals surface area contributed by atoms with Crippen molar-refractivity contribution in [3.05, 3.63) is 64.6 Å². The SMILES string of the molecule is O=C(O)CN1C(=O)C(=Cc2ccc3c(c2)[C@@H]2CCC[C@@H]2N3c2ccccc2)SC1=S. The van der Waals surface area contributed by atoms with Crippen molar-refractivity contribution in [2.75, 3.05) is 11.4 Å². The summed E-state index contributed by atoms with van der Waals surface area (Å²) in [6.45, 7) is -0.401. The number of benzene rings is 2. The van der Waals surface area contributed by atoms with Crippen LogP contribution in [-0.2, 0) is 9.59 Å². The van der Waals surface area contributed by atoms with Gasteiger partial charge in [-0.05, 0) is 54.3 Å². The molecule has 1 saturated carbocycles. The zero-order valence-corrected chi connectivity index (χ0v) is 17.8. The highest BCUT2D eigenvalue weighted by Crippen LogP contribution is 2.52. The summed E-state index contributed by atoms with van der Waals surface area (Å²) >= 11 is 6.36. The van der Waals surface area contributed by atoms with Crippen molar-refractivity contribution in [3.8, 4) is 0 Å². The Kier molecular flexibility index (Phi) is 4.87. The van der Waals surface area contributed by atoms with Gasteiger partial charge in [0.05, 0.1) is 4.91 Å². The first-order chi connectivity index (χ1) is 14.5. The van der Waals surface area contributed by atoms with Crippen molar-refractivity contribution < 1.29 is 14.7 Å². The van der Waals surface area contributed by atoms with Crippen LogP contribution in [0.1, 0.15) is 36.3 Å². The van der Waals surface area contributed by atoms with E-state index < -0.39 is 12.5 Å². The number of hydrogen-bond acceptors (Lipinski definition) is 5. The molecule has 2 fully saturated rings. The zero-order valence-electron chi connectivity index (χ0n) is 16.2. The summed E-state index contributed by atoms with van der Waals surface area (Å²) < 4.78 is 0.293. The first-order valence-electron chi connectivity index (χ1n) is 9.98. The van der Waals surface area contributed by atoms with Crippen LogP contribution in [0.25, 0.3) is 6.08 Å². The Morgan fingerprint density at radius 1 is 1.20 bits per heavy atom. The first-order valence-corrected chi connectivity index (χ1v) is 11.2. The quantitative estimate of drug-likeness (QED) is 0.551. The van der Waals surface area contributed by atoms with Gasteiger partial charge in [-0.3, -0.25) is 14.5 Å². The molecule has 2 aliphatic heterocycles. The van der Waals surface area contributed by atoms with E-state index in [2.05, 4.69) is 41.3 Å². The third kappa shape index (κ3) is 3.22. The number of carboxylic acid groups (broad SMARTS) is 1. The second kappa shape index (κ2) is 7.56. The van der Waals surface area contributed by atoms with E-state index in [9.17, 15) is 9.59 Å². The van der Waals surface area contributed by atoms with Crippen LogP contribution >= 0.6 is 24.0 Å². The molecule has 5 rings (SSSR count). The monoisotopic (exact) mass is 436 g/mol. The van der Waals surface area contributed by atoms with E-state index in [-0.39, 0.29) is 5.91 Å². The zero-order chi connectivity index (χ0) is 20.8. The van der Waals surface area contributed by atoms with Gasteiger partial charge in [0.1, 0.15) is 10.9 Å². The standard InChI is InChI=1S/C23H20N2O3S2/c26-21(27)13-24-22(28)20(30-23(24)29)12-14-9-10-19-17(11-14)16-7-4-8-18(16)25(19)15-5-2-1-3-6-15/h1-3,5-6,9-12,16,18H,4,7-8,13H2,(H,26,27)/t16-,18-/m0/s1. The van der Waals surface area contributed by atoms with Crippen LogP contribution in [0.15, 0.2) is 53.4 Å². The van der Waals surface area contributed by atoms with Crippen molar-refractivity contribution in [1.82, 2.24) is 4.90 Å². The van der Waals surface area contributed by atoms with Gasteiger partial charge in [-0.15, -0.1) is 0 Å². The Morgan fingerprint density at radius 2 is 2.00 bits per heavy atom. The molecule has 3 aliphatic rings. The highest BCUT2D eigenvalue weighted by molar-refractivity contribution is 8.26. The number of carbonyl (C=O) groups excluding carboxylic acids is 1. The van der Waals surface area contributed by atoms with Gasteiger partial charge in [0.15, 0.2) is 0 Å². The molecule has 0 aromatic heterocycles. The number of thioether (sulfide) groups is 1. The Hall–Kier alpha value is -2.64. The summed E-state index contributed by atoms with van der Waals surface area (Å²) in [7, 11) is 0. The molecule has 1 aliphatic carbocycles. The lowest BCUT2D eigenvalue weighted by atomic mass is 9.96. The highest BCUT2D eigenvalue weighted by Gasteiger charge is 2.42. The predicted molar refractivity (Wildman–Crippen MR) is 123 cm³/mol. The lowest BCUT2D eigenvalue weighted by Crippen LogP contribution is -2.33. The highest BCUT2D eigenvalue weighted by atomic mass is 32.2. The Morgan fingerprint density at radius 3 is 2.77 bits per heavy atom. The molecule has 0 spiro atoms. The summed E-state index contributed by atoms with van der Waals surface area (Å²) in [6, 6.07) is 17.3. The second-order valence-electron chi connectivity index (χ2n) is 7.79. The van der Waals surface area contributed by atoms with Crippen LogP contribution in [0.2, 0.25) is 0 Å². The largest absolute Gasteiger partial charge is 0.480 e. The third-order valence-electron chi connectivity index (χ3n) is 6.02. The smallest absolute Gasteiger partial charge is 0.323 e. The number of rotatable bonds is 4. The van der Waals surface area contributed by atoms with Crippen LogP contribution in [0.4, 0.5) is 11.4 Å². The fourth-order valence-electron chi connectivity index (χ4n) is 4.81. The minimum absolute atomic E-state index is 0.293. The van der Waals surface area contributed by atoms with Gasteiger partial charge < -0.3 is 10.0 Å². The Labute approximate surface area is 184 Å². The average molecular weight is 437 g/mol. The molecular weight excluding hydrogens is 416 g/mol. The number of aliphatic carboxylic acids is 1. The van der Waals surface area contributed by atoms with E-state index in [1.165, 1.54) is 36.2 Å². The molecule has 7 heteroatoms. The summed E-state index contributed by atoms with van der Waals surface area (Å²) in [5.41, 5.74) is 4.74. The molecule has 152 valence electrons. The number of hydrogen-bond donors (Lipinski definition) is 1. The summed E-state index contributed by atoms with van der Waals surface area (Å²) in [4.78, 5) is 27.7. The number of carbonyl (C=O) groups is 2. The van der Waals surface area contributed by atoms with Crippen LogP contribution in [-0.4, -0.2) is 38.8 Å². The maximum absolute atomic E-state index is 12.6. The summed E-state index contributed by atoms with van der Waals surface area (Å²) in [5, 5.41) is 9.01. The summed E-state index contributed by atoms with van der Waals surface area (Å²) in [5.74, 6) is -0.911. The number of anilines is 2. The molecule has 2 atom stereocenters. The lowest BCUT2D eigenvalue weighted by molar-refractivity contribution is -0.140. The fourth-order valence-corrected chi connectivity index (χ4v) is 6.07. The van der Waals surface area contributed by atoms with Gasteiger partial charge in [0, 0.05) is 23.3 Å². The normalized spacial score (nSPS) is 23.9. The van der Waals surface area contributed by atoms with Crippen molar-refractivity contribution in [3.63, 3.8) is 0 Å². The van der Waals surface area contributed by atoms with E-state index in [1.807, 2.05) is 18.2 Å². The van der Waals surface area contributed by atoms with Crippen molar-refractivity contribution >= 4 is 57.6 Å². The van der Waals surface area contributed by atoms with Crippen LogP contribution in [0, 0.1) is 0 Å². The van der Waals surface area contributed by atoms with E-state index in [0.717, 1.165) is 22.2 Å². The van der Waals surface area contributed by atoms with Gasteiger partial charge in [-0.25, -0.2) is 0 Å². The molecule has 1 saturated heterocycles. The Bertz CT molecular complexity index is 1080. The predicted octanol–water partition coefficient (Wildman–Crippen LogP) is 4.76. The van der Waals surface area contributed by atoms with Crippen LogP contribution < -0.4 is 4.90 Å². The molecule has 0 radical (unpaired) electrons. The molecular formula is C23H20N2O3S2. The van der Waals surface area contributed by atoms with E-state index in [4.69, 9.17) is 17.3 Å². The topological polar surface area (TPSA) is 60.9 Å². The number of carboxylic acids is 1. The van der Waals surface area contributed by atoms with Gasteiger partial charge in [0.25, 0.3) is 5.91 Å². The van der Waals surface area contributed by atoms with Crippen molar-refractivity contribution in [2.45, 2.75) is 31.2 Å². The second-order valence-corrected chi connectivity index (χ2v) is 9.47. The van der Waals surface area contributed by atoms with E-state index in [0.29, 0.717) is 21.2 Å². The third-order valence-corrected chi connectivity index (χ3v) is 7.40. The van der Waals surface area contributed by atoms with Crippen LogP contribution in [0.5, 0.6) is 0 Å². The molecule has 1 amide bonds. The van der Waals surface area contributed by atoms with E-state index in [1.54, 1.807) is 0 Å². The molecule has 0 unspecified atom stereocenters. The van der Waals surface area contributed by atoms with Gasteiger partial charge in [-0.1, -0.05) is 54.7 Å². The molecule has 30 heavy (non-hydrogen) atoms. The average Bonchev–Trinajstić information content (AvgIpc) is 3.38. The van der Waals surface area contributed by atoms with Crippen molar-refractivity contribution in [2.24, 2.45) is 0 Å². The number of amides is 1.